The Balaban J connectivity index is 1.69. The molecule has 2 heterocycles. The summed E-state index contributed by atoms with van der Waals surface area (Å²) >= 11 is 0. The zero-order valence-electron chi connectivity index (χ0n) is 15.0. The molecule has 138 valence electrons. The molecule has 2 fully saturated rings. The van der Waals surface area contributed by atoms with E-state index in [1.165, 1.54) is 0 Å². The minimum Gasteiger partial charge on any atom is -0.481 e. The molecule has 1 aromatic rings. The molecule has 0 aromatic carbocycles. The van der Waals surface area contributed by atoms with E-state index in [-0.39, 0.29) is 23.7 Å². The van der Waals surface area contributed by atoms with Gasteiger partial charge in [-0.05, 0) is 25.7 Å². The van der Waals surface area contributed by atoms with Crippen molar-refractivity contribution in [1.82, 2.24) is 15.0 Å². The van der Waals surface area contributed by atoms with E-state index in [4.69, 9.17) is 4.52 Å². The highest BCUT2D eigenvalue weighted by Crippen LogP contribution is 2.34. The van der Waals surface area contributed by atoms with Gasteiger partial charge in [-0.25, -0.2) is 0 Å². The highest BCUT2D eigenvalue weighted by molar-refractivity contribution is 5.85. The molecular formula is C18H27N3O4. The average molecular weight is 349 g/mol. The summed E-state index contributed by atoms with van der Waals surface area (Å²) in [6.07, 6.45) is 4.89. The summed E-state index contributed by atoms with van der Waals surface area (Å²) in [7, 11) is 0. The molecule has 0 spiro atoms. The van der Waals surface area contributed by atoms with Crippen LogP contribution in [0.2, 0.25) is 0 Å². The van der Waals surface area contributed by atoms with Gasteiger partial charge in [0.15, 0.2) is 5.82 Å². The van der Waals surface area contributed by atoms with Crippen molar-refractivity contribution in [2.24, 2.45) is 11.8 Å². The first-order valence-corrected chi connectivity index (χ1v) is 9.32. The third-order valence-corrected chi connectivity index (χ3v) is 5.46. The van der Waals surface area contributed by atoms with Crippen molar-refractivity contribution in [3.8, 4) is 0 Å². The number of aliphatic carboxylic acids is 1. The Morgan fingerprint density at radius 3 is 2.52 bits per heavy atom. The van der Waals surface area contributed by atoms with Gasteiger partial charge in [-0.1, -0.05) is 31.8 Å². The van der Waals surface area contributed by atoms with Crippen molar-refractivity contribution in [3.05, 3.63) is 11.7 Å². The van der Waals surface area contributed by atoms with Gasteiger partial charge in [0.1, 0.15) is 0 Å². The summed E-state index contributed by atoms with van der Waals surface area (Å²) in [5, 5.41) is 13.5. The fraction of sp³-hybridized carbons (Fsp3) is 0.778. The third kappa shape index (κ3) is 3.85. The number of carbonyl (C=O) groups excluding carboxylic acids is 1. The molecule has 1 saturated heterocycles. The molecule has 1 N–H and O–H groups in total. The number of carboxylic acid groups (broad SMARTS) is 1. The maximum absolute atomic E-state index is 13.0. The number of rotatable bonds is 4. The molecule has 0 radical (unpaired) electrons. The van der Waals surface area contributed by atoms with Crippen LogP contribution < -0.4 is 0 Å². The molecule has 25 heavy (non-hydrogen) atoms. The van der Waals surface area contributed by atoms with Crippen LogP contribution in [0, 0.1) is 11.8 Å². The van der Waals surface area contributed by atoms with Crippen LogP contribution in [-0.4, -0.2) is 45.1 Å². The Kier molecular flexibility index (Phi) is 5.39. The van der Waals surface area contributed by atoms with Crippen LogP contribution in [0.15, 0.2) is 4.52 Å². The van der Waals surface area contributed by atoms with Crippen molar-refractivity contribution in [3.63, 3.8) is 0 Å². The molecule has 1 saturated carbocycles. The lowest BCUT2D eigenvalue weighted by Gasteiger charge is -2.36. The molecule has 7 heteroatoms. The highest BCUT2D eigenvalue weighted by atomic mass is 16.5. The van der Waals surface area contributed by atoms with Crippen LogP contribution in [0.4, 0.5) is 0 Å². The van der Waals surface area contributed by atoms with E-state index >= 15 is 0 Å². The topological polar surface area (TPSA) is 96.5 Å². The number of amides is 1. The Bertz CT molecular complexity index is 628. The van der Waals surface area contributed by atoms with Crippen LogP contribution in [0.1, 0.15) is 75.9 Å². The van der Waals surface area contributed by atoms with E-state index in [1.807, 2.05) is 18.7 Å². The molecule has 2 aliphatic rings. The summed E-state index contributed by atoms with van der Waals surface area (Å²) in [6.45, 7) is 5.26. The molecule has 0 unspecified atom stereocenters. The highest BCUT2D eigenvalue weighted by Gasteiger charge is 2.39. The Morgan fingerprint density at radius 2 is 1.88 bits per heavy atom. The van der Waals surface area contributed by atoms with Gasteiger partial charge in [0.05, 0.1) is 17.8 Å². The maximum atomic E-state index is 13.0. The molecule has 1 aliphatic carbocycles. The minimum atomic E-state index is -0.843. The van der Waals surface area contributed by atoms with Crippen LogP contribution in [0.5, 0.6) is 0 Å². The second kappa shape index (κ2) is 7.54. The first kappa shape index (κ1) is 17.9. The molecule has 1 amide bonds. The Morgan fingerprint density at radius 1 is 1.16 bits per heavy atom. The number of piperidine rings is 1. The van der Waals surface area contributed by atoms with Crippen molar-refractivity contribution >= 4 is 11.9 Å². The second-order valence-corrected chi connectivity index (χ2v) is 7.60. The molecule has 3 rings (SSSR count). The number of nitrogens with zero attached hydrogens (tertiary/aromatic N) is 3. The predicted molar refractivity (Wildman–Crippen MR) is 90.0 cm³/mol. The van der Waals surface area contributed by atoms with Gasteiger partial charge >= 0.3 is 5.97 Å². The van der Waals surface area contributed by atoms with Crippen LogP contribution in [0.3, 0.4) is 0 Å². The summed E-state index contributed by atoms with van der Waals surface area (Å²) in [5.41, 5.74) is 0. The van der Waals surface area contributed by atoms with Gasteiger partial charge in [0.25, 0.3) is 0 Å². The monoisotopic (exact) mass is 349 g/mol. The normalized spacial score (nSPS) is 27.5. The van der Waals surface area contributed by atoms with Gasteiger partial charge in [0, 0.05) is 19.0 Å². The van der Waals surface area contributed by atoms with Gasteiger partial charge < -0.3 is 14.5 Å². The van der Waals surface area contributed by atoms with Crippen molar-refractivity contribution in [2.75, 3.05) is 13.1 Å². The molecule has 3 atom stereocenters. The van der Waals surface area contributed by atoms with E-state index in [1.54, 1.807) is 0 Å². The quantitative estimate of drug-likeness (QED) is 0.898. The summed E-state index contributed by atoms with van der Waals surface area (Å²) in [6, 6.07) is 0. The lowest BCUT2D eigenvalue weighted by Crippen LogP contribution is -2.46. The lowest BCUT2D eigenvalue weighted by atomic mass is 9.78. The SMILES string of the molecule is CC(C)c1noc([C@@H]2CCCN(C(=O)[C@@H]3CCCC[C@H]3C(=O)O)C2)n1. The van der Waals surface area contributed by atoms with E-state index in [0.717, 1.165) is 25.7 Å². The largest absolute Gasteiger partial charge is 0.481 e. The summed E-state index contributed by atoms with van der Waals surface area (Å²) < 4.78 is 5.41. The maximum Gasteiger partial charge on any atom is 0.307 e. The van der Waals surface area contributed by atoms with Crippen LogP contribution in [0.25, 0.3) is 0 Å². The summed E-state index contributed by atoms with van der Waals surface area (Å²) in [5.74, 6) is -0.250. The third-order valence-electron chi connectivity index (χ3n) is 5.46. The zero-order chi connectivity index (χ0) is 18.0. The van der Waals surface area contributed by atoms with Gasteiger partial charge in [-0.15, -0.1) is 0 Å². The first-order valence-electron chi connectivity index (χ1n) is 9.32. The van der Waals surface area contributed by atoms with Gasteiger partial charge in [0.2, 0.25) is 11.8 Å². The minimum absolute atomic E-state index is 0.0135. The number of likely N-dealkylation sites (tertiary alicyclic amines) is 1. The van der Waals surface area contributed by atoms with E-state index in [0.29, 0.717) is 37.6 Å². The smallest absolute Gasteiger partial charge is 0.307 e. The number of carbonyl (C=O) groups is 2. The standard InChI is InChI=1S/C18H27N3O4/c1-11(2)15-19-16(25-20-15)12-6-5-9-21(10-12)17(22)13-7-3-4-8-14(13)18(23)24/h11-14H,3-10H2,1-2H3,(H,23,24)/t12-,13-,14-/m1/s1. The number of hydrogen-bond donors (Lipinski definition) is 1. The van der Waals surface area contributed by atoms with E-state index < -0.39 is 11.9 Å². The van der Waals surface area contributed by atoms with Crippen LogP contribution >= 0.6 is 0 Å². The van der Waals surface area contributed by atoms with Crippen molar-refractivity contribution in [1.29, 1.82) is 0 Å². The molecular weight excluding hydrogens is 322 g/mol. The van der Waals surface area contributed by atoms with Crippen molar-refractivity contribution < 1.29 is 19.2 Å². The van der Waals surface area contributed by atoms with Crippen molar-refractivity contribution in [2.45, 2.75) is 64.2 Å². The molecule has 1 aliphatic heterocycles. The average Bonchev–Trinajstić information content (AvgIpc) is 3.11. The number of aromatic nitrogens is 2. The Hall–Kier alpha value is -1.92. The number of carboxylic acids is 1. The zero-order valence-corrected chi connectivity index (χ0v) is 15.0. The second-order valence-electron chi connectivity index (χ2n) is 7.60. The fourth-order valence-electron chi connectivity index (χ4n) is 3.98. The lowest BCUT2D eigenvalue weighted by molar-refractivity contribution is -0.152. The van der Waals surface area contributed by atoms with E-state index in [2.05, 4.69) is 10.1 Å². The van der Waals surface area contributed by atoms with Gasteiger partial charge in [-0.3, -0.25) is 9.59 Å². The fourth-order valence-corrected chi connectivity index (χ4v) is 3.98. The molecule has 7 nitrogen and oxygen atoms in total. The van der Waals surface area contributed by atoms with E-state index in [9.17, 15) is 14.7 Å². The predicted octanol–water partition coefficient (Wildman–Crippen LogP) is 2.79. The van der Waals surface area contributed by atoms with Gasteiger partial charge in [-0.2, -0.15) is 4.98 Å². The molecule has 1 aromatic heterocycles. The summed E-state index contributed by atoms with van der Waals surface area (Å²) in [4.78, 5) is 30.7. The Labute approximate surface area is 147 Å². The number of hydrogen-bond acceptors (Lipinski definition) is 5. The first-order chi connectivity index (χ1) is 12.0. The molecule has 0 bridgehead atoms. The van der Waals surface area contributed by atoms with Crippen LogP contribution in [-0.2, 0) is 9.59 Å².